The fraction of sp³-hybridized carbons (Fsp3) is 0.238. The van der Waals surface area contributed by atoms with Gasteiger partial charge in [0.15, 0.2) is 0 Å². The Hall–Kier alpha value is -3.70. The van der Waals surface area contributed by atoms with Crippen molar-refractivity contribution >= 4 is 16.9 Å². The summed E-state index contributed by atoms with van der Waals surface area (Å²) in [5.41, 5.74) is 4.46. The van der Waals surface area contributed by atoms with Crippen molar-refractivity contribution in [2.24, 2.45) is 0 Å². The van der Waals surface area contributed by atoms with Crippen LogP contribution in [0.5, 0.6) is 0 Å². The van der Waals surface area contributed by atoms with Gasteiger partial charge in [-0.2, -0.15) is 15.5 Å². The van der Waals surface area contributed by atoms with E-state index in [1.807, 2.05) is 41.1 Å². The highest BCUT2D eigenvalue weighted by Crippen LogP contribution is 2.30. The van der Waals surface area contributed by atoms with Gasteiger partial charge in [0.05, 0.1) is 42.1 Å². The van der Waals surface area contributed by atoms with Crippen LogP contribution >= 0.6 is 0 Å². The summed E-state index contributed by atoms with van der Waals surface area (Å²) in [5, 5.41) is 21.2. The normalized spacial score (nSPS) is 16.8. The molecule has 29 heavy (non-hydrogen) atoms. The molecule has 0 radical (unpaired) electrons. The monoisotopic (exact) mass is 385 g/mol. The van der Waals surface area contributed by atoms with Gasteiger partial charge in [-0.3, -0.25) is 5.10 Å². The summed E-state index contributed by atoms with van der Waals surface area (Å²) in [4.78, 5) is 7.22. The van der Waals surface area contributed by atoms with E-state index in [0.29, 0.717) is 24.5 Å². The van der Waals surface area contributed by atoms with Gasteiger partial charge in [0.25, 0.3) is 0 Å². The number of morpholine rings is 1. The summed E-state index contributed by atoms with van der Waals surface area (Å²) in [5.74, 6) is 0.899. The lowest BCUT2D eigenvalue weighted by Gasteiger charge is -2.34. The summed E-state index contributed by atoms with van der Waals surface area (Å²) < 4.78 is 7.38. The first kappa shape index (κ1) is 17.4. The van der Waals surface area contributed by atoms with E-state index in [2.05, 4.69) is 28.1 Å². The predicted octanol–water partition coefficient (Wildman–Crippen LogP) is 2.91. The van der Waals surface area contributed by atoms with Crippen LogP contribution in [0.1, 0.15) is 12.5 Å². The maximum atomic E-state index is 9.26. The smallest absolute Gasteiger partial charge is 0.139 e. The third kappa shape index (κ3) is 3.02. The zero-order valence-electron chi connectivity index (χ0n) is 15.9. The molecule has 0 spiro atoms. The highest BCUT2D eigenvalue weighted by atomic mass is 16.5. The molecule has 5 rings (SSSR count). The second-order valence-corrected chi connectivity index (χ2v) is 7.04. The number of fused-ring (bicyclic) bond motifs is 1. The van der Waals surface area contributed by atoms with E-state index in [-0.39, 0.29) is 6.04 Å². The molecule has 8 heteroatoms. The quantitative estimate of drug-likeness (QED) is 0.583. The molecule has 0 saturated carbocycles. The number of aromatic nitrogens is 5. The van der Waals surface area contributed by atoms with Crippen molar-refractivity contribution in [3.63, 3.8) is 0 Å². The molecule has 1 aromatic carbocycles. The SMILES string of the molecule is C[C@@H]1COCCN1c1ccc2c(n1)c(-c1cc[nH]n1)nn2-c1cccc(C#N)c1. The van der Waals surface area contributed by atoms with Crippen LogP contribution in [0, 0.1) is 11.3 Å². The van der Waals surface area contributed by atoms with E-state index in [0.717, 1.165) is 34.8 Å². The van der Waals surface area contributed by atoms with Gasteiger partial charge in [-0.05, 0) is 43.3 Å². The lowest BCUT2D eigenvalue weighted by Crippen LogP contribution is -2.44. The lowest BCUT2D eigenvalue weighted by atomic mass is 10.2. The molecule has 1 fully saturated rings. The van der Waals surface area contributed by atoms with Crippen LogP contribution in [0.2, 0.25) is 0 Å². The Bertz CT molecular complexity index is 1210. The molecule has 8 nitrogen and oxygen atoms in total. The number of nitrogens with zero attached hydrogens (tertiary/aromatic N) is 6. The topological polar surface area (TPSA) is 95.7 Å². The zero-order chi connectivity index (χ0) is 19.8. The van der Waals surface area contributed by atoms with Crippen molar-refractivity contribution in [2.45, 2.75) is 13.0 Å². The molecule has 1 aliphatic rings. The number of hydrogen-bond acceptors (Lipinski definition) is 6. The summed E-state index contributed by atoms with van der Waals surface area (Å²) in [6, 6.07) is 15.7. The van der Waals surface area contributed by atoms with Gasteiger partial charge in [0, 0.05) is 12.7 Å². The number of nitrogens with one attached hydrogen (secondary N) is 1. The zero-order valence-corrected chi connectivity index (χ0v) is 15.9. The standard InChI is InChI=1S/C21H19N7O/c1-14-13-29-10-9-27(14)19-6-5-18-21(24-19)20(17-7-8-23-25-17)26-28(18)16-4-2-3-15(11-16)12-22/h2-8,11,14H,9-10,13H2,1H3,(H,23,25)/t14-/m1/s1. The Morgan fingerprint density at radius 2 is 2.17 bits per heavy atom. The molecule has 0 aliphatic carbocycles. The van der Waals surface area contributed by atoms with Gasteiger partial charge in [0.2, 0.25) is 0 Å². The largest absolute Gasteiger partial charge is 0.377 e. The van der Waals surface area contributed by atoms with Crippen molar-refractivity contribution in [1.29, 1.82) is 5.26 Å². The minimum Gasteiger partial charge on any atom is -0.377 e. The van der Waals surface area contributed by atoms with E-state index in [1.54, 1.807) is 12.3 Å². The van der Waals surface area contributed by atoms with Crippen LogP contribution < -0.4 is 4.90 Å². The van der Waals surface area contributed by atoms with Gasteiger partial charge in [-0.15, -0.1) is 0 Å². The van der Waals surface area contributed by atoms with Gasteiger partial charge in [-0.25, -0.2) is 9.67 Å². The summed E-state index contributed by atoms with van der Waals surface area (Å²) in [6.45, 7) is 4.31. The number of aromatic amines is 1. The number of pyridine rings is 1. The van der Waals surface area contributed by atoms with Crippen LogP contribution in [-0.4, -0.2) is 50.8 Å². The number of nitriles is 1. The molecule has 1 N–H and O–H groups in total. The predicted molar refractivity (Wildman–Crippen MR) is 109 cm³/mol. The third-order valence-corrected chi connectivity index (χ3v) is 5.14. The molecule has 3 aromatic heterocycles. The van der Waals surface area contributed by atoms with E-state index < -0.39 is 0 Å². The average molecular weight is 385 g/mol. The molecule has 0 bridgehead atoms. The Labute approximate surface area is 167 Å². The number of rotatable bonds is 3. The number of hydrogen-bond donors (Lipinski definition) is 1. The van der Waals surface area contributed by atoms with Crippen LogP contribution in [0.15, 0.2) is 48.7 Å². The van der Waals surface area contributed by atoms with Crippen molar-refractivity contribution in [3.05, 3.63) is 54.2 Å². The summed E-state index contributed by atoms with van der Waals surface area (Å²) in [6.07, 6.45) is 1.77. The van der Waals surface area contributed by atoms with Gasteiger partial charge >= 0.3 is 0 Å². The molecule has 4 aromatic rings. The Morgan fingerprint density at radius 1 is 1.24 bits per heavy atom. The molecule has 1 aliphatic heterocycles. The molecule has 1 saturated heterocycles. The third-order valence-electron chi connectivity index (χ3n) is 5.14. The second kappa shape index (κ2) is 7.04. The van der Waals surface area contributed by atoms with Crippen LogP contribution in [0.3, 0.4) is 0 Å². The van der Waals surface area contributed by atoms with Crippen LogP contribution in [0.25, 0.3) is 28.1 Å². The molecule has 0 unspecified atom stereocenters. The fourth-order valence-electron chi connectivity index (χ4n) is 3.68. The summed E-state index contributed by atoms with van der Waals surface area (Å²) >= 11 is 0. The molecule has 144 valence electrons. The first-order valence-electron chi connectivity index (χ1n) is 9.49. The average Bonchev–Trinajstić information content (AvgIpc) is 3.41. The van der Waals surface area contributed by atoms with Gasteiger partial charge in [0.1, 0.15) is 22.7 Å². The molecule has 4 heterocycles. The first-order valence-corrected chi connectivity index (χ1v) is 9.49. The summed E-state index contributed by atoms with van der Waals surface area (Å²) in [7, 11) is 0. The minimum atomic E-state index is 0.255. The van der Waals surface area contributed by atoms with Crippen molar-refractivity contribution < 1.29 is 4.74 Å². The van der Waals surface area contributed by atoms with Gasteiger partial charge < -0.3 is 9.64 Å². The maximum Gasteiger partial charge on any atom is 0.139 e. The van der Waals surface area contributed by atoms with E-state index in [4.69, 9.17) is 14.8 Å². The highest BCUT2D eigenvalue weighted by molar-refractivity contribution is 5.91. The maximum absolute atomic E-state index is 9.26. The number of anilines is 1. The fourth-order valence-corrected chi connectivity index (χ4v) is 3.68. The van der Waals surface area contributed by atoms with Crippen molar-refractivity contribution in [1.82, 2.24) is 25.0 Å². The minimum absolute atomic E-state index is 0.255. The molecular weight excluding hydrogens is 366 g/mol. The van der Waals surface area contributed by atoms with Crippen molar-refractivity contribution in [2.75, 3.05) is 24.7 Å². The number of ether oxygens (including phenoxy) is 1. The number of benzene rings is 1. The van der Waals surface area contributed by atoms with Gasteiger partial charge in [-0.1, -0.05) is 6.07 Å². The van der Waals surface area contributed by atoms with Crippen LogP contribution in [-0.2, 0) is 4.74 Å². The molecule has 0 amide bonds. The second-order valence-electron chi connectivity index (χ2n) is 7.04. The van der Waals surface area contributed by atoms with E-state index in [1.165, 1.54) is 0 Å². The number of H-pyrrole nitrogens is 1. The molecule has 1 atom stereocenters. The first-order chi connectivity index (χ1) is 14.2. The van der Waals surface area contributed by atoms with Crippen LogP contribution in [0.4, 0.5) is 5.82 Å². The molecular formula is C21H19N7O. The highest BCUT2D eigenvalue weighted by Gasteiger charge is 2.23. The Kier molecular flexibility index (Phi) is 4.22. The lowest BCUT2D eigenvalue weighted by molar-refractivity contribution is 0.0986. The Morgan fingerprint density at radius 3 is 2.97 bits per heavy atom. The van der Waals surface area contributed by atoms with E-state index in [9.17, 15) is 5.26 Å². The Balaban J connectivity index is 1.70. The van der Waals surface area contributed by atoms with Crippen molar-refractivity contribution in [3.8, 4) is 23.1 Å². The van der Waals surface area contributed by atoms with E-state index >= 15 is 0 Å².